The van der Waals surface area contributed by atoms with Crippen LogP contribution in [0.5, 0.6) is 0 Å². The smallest absolute Gasteiger partial charge is 0.325 e. The zero-order chi connectivity index (χ0) is 23.8. The number of rotatable bonds is 5. The van der Waals surface area contributed by atoms with Crippen LogP contribution >= 0.6 is 11.6 Å². The first-order valence-electron chi connectivity index (χ1n) is 11.3. The quantitative estimate of drug-likeness (QED) is 0.705. The predicted octanol–water partition coefficient (Wildman–Crippen LogP) is 2.39. The van der Waals surface area contributed by atoms with Gasteiger partial charge in [-0.05, 0) is 23.8 Å². The molecule has 0 aromatic heterocycles. The largest absolute Gasteiger partial charge is 0.367 e. The molecule has 2 saturated heterocycles. The number of amidine groups is 1. The summed E-state index contributed by atoms with van der Waals surface area (Å²) < 4.78 is 14.2. The predicted molar refractivity (Wildman–Crippen MR) is 128 cm³/mol. The Labute approximate surface area is 202 Å². The lowest BCUT2D eigenvalue weighted by atomic mass is 10.1. The molecule has 2 unspecified atom stereocenters. The number of nitrogens with one attached hydrogen (secondary N) is 1. The summed E-state index contributed by atoms with van der Waals surface area (Å²) in [6.07, 6.45) is -0.585. The van der Waals surface area contributed by atoms with Gasteiger partial charge in [-0.15, -0.1) is 0 Å². The lowest BCUT2D eigenvalue weighted by Crippen LogP contribution is -2.63. The molecule has 2 aromatic carbocycles. The van der Waals surface area contributed by atoms with Crippen LogP contribution in [0.25, 0.3) is 0 Å². The maximum atomic E-state index is 14.2. The van der Waals surface area contributed by atoms with Crippen LogP contribution in [0.4, 0.5) is 14.9 Å². The summed E-state index contributed by atoms with van der Waals surface area (Å²) in [6.45, 7) is 3.75. The third-order valence-corrected chi connectivity index (χ3v) is 7.04. The number of fused-ring (bicyclic) bond motifs is 1. The molecular weight excluding hydrogens is 459 g/mol. The van der Waals surface area contributed by atoms with Gasteiger partial charge in [-0.25, -0.2) is 14.2 Å². The van der Waals surface area contributed by atoms with E-state index >= 15 is 0 Å². The van der Waals surface area contributed by atoms with Crippen LogP contribution in [0, 0.1) is 5.82 Å². The van der Waals surface area contributed by atoms with Crippen molar-refractivity contribution in [3.8, 4) is 0 Å². The summed E-state index contributed by atoms with van der Waals surface area (Å²) in [5.74, 6) is 0.166. The number of urea groups is 1. The number of nitrogens with zero attached hydrogens (tertiary/aromatic N) is 5. The molecule has 8 nitrogen and oxygen atoms in total. The van der Waals surface area contributed by atoms with Crippen molar-refractivity contribution in [2.75, 3.05) is 44.7 Å². The van der Waals surface area contributed by atoms with Crippen LogP contribution in [0.15, 0.2) is 53.5 Å². The second kappa shape index (κ2) is 9.23. The van der Waals surface area contributed by atoms with Gasteiger partial charge in [0.25, 0.3) is 5.91 Å². The molecular formula is C24H26ClFN6O2. The lowest BCUT2D eigenvalue weighted by Gasteiger charge is -2.38. The number of anilines is 1. The van der Waals surface area contributed by atoms with Crippen molar-refractivity contribution in [2.45, 2.75) is 18.8 Å². The van der Waals surface area contributed by atoms with Crippen molar-refractivity contribution in [2.24, 2.45) is 4.99 Å². The summed E-state index contributed by atoms with van der Waals surface area (Å²) in [6, 6.07) is 13.3. The number of carbonyl (C=O) groups is 2. The molecule has 2 fully saturated rings. The van der Waals surface area contributed by atoms with Crippen LogP contribution in [0.3, 0.4) is 0 Å². The summed E-state index contributed by atoms with van der Waals surface area (Å²) in [5, 5.41) is 3.04. The van der Waals surface area contributed by atoms with Gasteiger partial charge < -0.3 is 14.7 Å². The van der Waals surface area contributed by atoms with Crippen LogP contribution in [0.1, 0.15) is 5.56 Å². The number of hydrogen-bond donors (Lipinski definition) is 1. The molecule has 10 heteroatoms. The summed E-state index contributed by atoms with van der Waals surface area (Å²) in [7, 11) is 1.65. The summed E-state index contributed by atoms with van der Waals surface area (Å²) in [4.78, 5) is 37.5. The molecule has 178 valence electrons. The third kappa shape index (κ3) is 4.21. The topological polar surface area (TPSA) is 71.5 Å². The number of amides is 3. The first kappa shape index (κ1) is 22.6. The Bertz CT molecular complexity index is 1140. The number of carbonyl (C=O) groups excluding carboxylic acids is 2. The van der Waals surface area contributed by atoms with E-state index in [4.69, 9.17) is 16.6 Å². The molecule has 0 bridgehead atoms. The molecule has 5 rings (SSSR count). The summed E-state index contributed by atoms with van der Waals surface area (Å²) in [5.41, 5.74) is 1.50. The zero-order valence-corrected chi connectivity index (χ0v) is 19.6. The Hall–Kier alpha value is -3.17. The molecule has 0 aliphatic carbocycles. The van der Waals surface area contributed by atoms with E-state index < -0.39 is 18.2 Å². The van der Waals surface area contributed by atoms with E-state index in [2.05, 4.69) is 10.2 Å². The Kier molecular flexibility index (Phi) is 6.14. The molecule has 3 heterocycles. The Morgan fingerprint density at radius 1 is 1.03 bits per heavy atom. The minimum absolute atomic E-state index is 0.218. The van der Waals surface area contributed by atoms with Gasteiger partial charge in [0.05, 0.1) is 12.2 Å². The fourth-order valence-electron chi connectivity index (χ4n) is 4.77. The highest BCUT2D eigenvalue weighted by Crippen LogP contribution is 2.28. The maximum absolute atomic E-state index is 14.2. The third-order valence-electron chi connectivity index (χ3n) is 6.68. The van der Waals surface area contributed by atoms with E-state index in [-0.39, 0.29) is 11.7 Å². The SMILES string of the molecule is CN1C(=O)NC(=O)C2C1N=C(CN1CCN(c3ccccc3F)CC1)N2Cc1ccccc1Cl. The highest BCUT2D eigenvalue weighted by molar-refractivity contribution is 6.31. The standard InChI is InChI=1S/C24H26ClFN6O2/c1-29-22-21(23(33)28-24(29)34)32(14-16-6-2-3-7-17(16)25)20(27-22)15-30-10-12-31(13-11-30)19-9-5-4-8-18(19)26/h2-9,21-22H,10-15H2,1H3,(H,28,33,34). The summed E-state index contributed by atoms with van der Waals surface area (Å²) >= 11 is 6.41. The average molecular weight is 485 g/mol. The maximum Gasteiger partial charge on any atom is 0.325 e. The van der Waals surface area contributed by atoms with Gasteiger partial charge in [0.1, 0.15) is 11.7 Å². The van der Waals surface area contributed by atoms with Gasteiger partial charge >= 0.3 is 6.03 Å². The number of benzene rings is 2. The van der Waals surface area contributed by atoms with Crippen molar-refractivity contribution >= 4 is 35.1 Å². The molecule has 0 spiro atoms. The molecule has 34 heavy (non-hydrogen) atoms. The van der Waals surface area contributed by atoms with Crippen LogP contribution in [0.2, 0.25) is 5.02 Å². The second-order valence-corrected chi connectivity index (χ2v) is 9.15. The van der Waals surface area contributed by atoms with Gasteiger partial charge in [0, 0.05) is 44.8 Å². The molecule has 0 saturated carbocycles. The fourth-order valence-corrected chi connectivity index (χ4v) is 4.96. The van der Waals surface area contributed by atoms with Crippen molar-refractivity contribution in [3.05, 3.63) is 64.9 Å². The molecule has 1 N–H and O–H groups in total. The van der Waals surface area contributed by atoms with Crippen molar-refractivity contribution < 1.29 is 14.0 Å². The molecule has 0 radical (unpaired) electrons. The van der Waals surface area contributed by atoms with Crippen LogP contribution < -0.4 is 10.2 Å². The molecule has 2 aromatic rings. The van der Waals surface area contributed by atoms with E-state index in [0.29, 0.717) is 36.9 Å². The van der Waals surface area contributed by atoms with E-state index in [9.17, 15) is 14.0 Å². The average Bonchev–Trinajstić information content (AvgIpc) is 3.18. The minimum atomic E-state index is -0.617. The molecule has 2 atom stereocenters. The number of piperazine rings is 1. The van der Waals surface area contributed by atoms with Gasteiger partial charge in [-0.3, -0.25) is 15.0 Å². The Morgan fingerprint density at radius 3 is 2.47 bits per heavy atom. The van der Waals surface area contributed by atoms with Crippen LogP contribution in [-0.4, -0.2) is 84.5 Å². The van der Waals surface area contributed by atoms with Gasteiger partial charge in [-0.2, -0.15) is 0 Å². The molecule has 3 aliphatic heterocycles. The first-order valence-corrected chi connectivity index (χ1v) is 11.7. The number of hydrogen-bond acceptors (Lipinski definition) is 6. The number of likely N-dealkylation sites (N-methyl/N-ethyl adjacent to an activating group) is 1. The van der Waals surface area contributed by atoms with E-state index in [1.807, 2.05) is 40.1 Å². The van der Waals surface area contributed by atoms with Gasteiger partial charge in [0.2, 0.25) is 0 Å². The number of halogens is 2. The minimum Gasteiger partial charge on any atom is -0.367 e. The Balaban J connectivity index is 1.34. The van der Waals surface area contributed by atoms with Crippen molar-refractivity contribution in [1.29, 1.82) is 0 Å². The normalized spacial score (nSPS) is 23.1. The monoisotopic (exact) mass is 484 g/mol. The number of imide groups is 1. The van der Waals surface area contributed by atoms with Crippen molar-refractivity contribution in [3.63, 3.8) is 0 Å². The second-order valence-electron chi connectivity index (χ2n) is 8.74. The lowest BCUT2D eigenvalue weighted by molar-refractivity contribution is -0.127. The molecule has 3 amide bonds. The van der Waals surface area contributed by atoms with E-state index in [1.165, 1.54) is 11.0 Å². The highest BCUT2D eigenvalue weighted by Gasteiger charge is 2.48. The van der Waals surface area contributed by atoms with Gasteiger partial charge in [0.15, 0.2) is 12.2 Å². The van der Waals surface area contributed by atoms with E-state index in [0.717, 1.165) is 24.5 Å². The van der Waals surface area contributed by atoms with Crippen molar-refractivity contribution in [1.82, 2.24) is 20.0 Å². The number of aliphatic imine (C=N–C) groups is 1. The highest BCUT2D eigenvalue weighted by atomic mass is 35.5. The zero-order valence-electron chi connectivity index (χ0n) is 18.8. The van der Waals surface area contributed by atoms with E-state index in [1.54, 1.807) is 19.2 Å². The van der Waals surface area contributed by atoms with Crippen LogP contribution in [-0.2, 0) is 11.3 Å². The fraction of sp³-hybridized carbons (Fsp3) is 0.375. The first-order chi connectivity index (χ1) is 16.4. The molecule has 3 aliphatic rings. The Morgan fingerprint density at radius 2 is 1.74 bits per heavy atom. The number of para-hydroxylation sites is 1. The van der Waals surface area contributed by atoms with Gasteiger partial charge in [-0.1, -0.05) is 41.9 Å².